The molecule has 0 amide bonds. The third-order valence-electron chi connectivity index (χ3n) is 2.71. The predicted octanol–water partition coefficient (Wildman–Crippen LogP) is 3.00. The molecule has 0 saturated carbocycles. The Morgan fingerprint density at radius 2 is 1.90 bits per heavy atom. The molecule has 1 N–H and O–H groups in total. The van der Waals surface area contributed by atoms with Crippen LogP contribution in [0.3, 0.4) is 0 Å². The predicted molar refractivity (Wildman–Crippen MR) is 81.6 cm³/mol. The fourth-order valence-corrected chi connectivity index (χ4v) is 1.82. The minimum absolute atomic E-state index is 0.224. The second-order valence-electron chi connectivity index (χ2n) is 4.73. The number of rotatable bonds is 10. The van der Waals surface area contributed by atoms with E-state index in [1.807, 2.05) is 32.9 Å². The monoisotopic (exact) mass is 281 g/mol. The van der Waals surface area contributed by atoms with Crippen LogP contribution in [0.5, 0.6) is 11.5 Å². The molecule has 0 heterocycles. The Kier molecular flexibility index (Phi) is 8.07. The van der Waals surface area contributed by atoms with Crippen molar-refractivity contribution in [3.8, 4) is 11.5 Å². The zero-order valence-electron chi connectivity index (χ0n) is 13.1. The standard InChI is InChI=1S/C16H27NO3/c1-5-17-12-14-8-7-9-15(18-6-2)16(14)20-11-10-19-13(3)4/h7-9,13,17H,5-6,10-12H2,1-4H3. The van der Waals surface area contributed by atoms with Gasteiger partial charge in [-0.05, 0) is 33.4 Å². The number of para-hydroxylation sites is 1. The molecule has 0 atom stereocenters. The lowest BCUT2D eigenvalue weighted by Crippen LogP contribution is -2.15. The van der Waals surface area contributed by atoms with E-state index in [0.29, 0.717) is 19.8 Å². The maximum absolute atomic E-state index is 5.88. The molecule has 1 rings (SSSR count). The highest BCUT2D eigenvalue weighted by atomic mass is 16.5. The van der Waals surface area contributed by atoms with E-state index >= 15 is 0 Å². The normalized spacial score (nSPS) is 10.8. The fraction of sp³-hybridized carbons (Fsp3) is 0.625. The Balaban J connectivity index is 2.70. The van der Waals surface area contributed by atoms with Crippen molar-refractivity contribution >= 4 is 0 Å². The molecule has 4 nitrogen and oxygen atoms in total. The van der Waals surface area contributed by atoms with Gasteiger partial charge < -0.3 is 19.5 Å². The van der Waals surface area contributed by atoms with Gasteiger partial charge >= 0.3 is 0 Å². The lowest BCUT2D eigenvalue weighted by Gasteiger charge is -2.16. The molecular weight excluding hydrogens is 254 g/mol. The first-order chi connectivity index (χ1) is 9.69. The first-order valence-electron chi connectivity index (χ1n) is 7.38. The van der Waals surface area contributed by atoms with Crippen LogP contribution in [0.1, 0.15) is 33.3 Å². The van der Waals surface area contributed by atoms with Gasteiger partial charge in [0.05, 0.1) is 19.3 Å². The van der Waals surface area contributed by atoms with Gasteiger partial charge in [-0.15, -0.1) is 0 Å². The summed E-state index contributed by atoms with van der Waals surface area (Å²) in [6, 6.07) is 6.00. The molecule has 0 aliphatic rings. The lowest BCUT2D eigenvalue weighted by molar-refractivity contribution is 0.0543. The van der Waals surface area contributed by atoms with Crippen molar-refractivity contribution in [1.29, 1.82) is 0 Å². The van der Waals surface area contributed by atoms with Crippen molar-refractivity contribution in [1.82, 2.24) is 5.32 Å². The quantitative estimate of drug-likeness (QED) is 0.669. The van der Waals surface area contributed by atoms with E-state index in [0.717, 1.165) is 30.2 Å². The second kappa shape index (κ2) is 9.61. The van der Waals surface area contributed by atoms with Crippen molar-refractivity contribution in [2.24, 2.45) is 0 Å². The van der Waals surface area contributed by atoms with E-state index in [9.17, 15) is 0 Å². The summed E-state index contributed by atoms with van der Waals surface area (Å²) in [7, 11) is 0. The highest BCUT2D eigenvalue weighted by molar-refractivity contribution is 5.46. The minimum Gasteiger partial charge on any atom is -0.490 e. The van der Waals surface area contributed by atoms with Crippen molar-refractivity contribution < 1.29 is 14.2 Å². The zero-order valence-corrected chi connectivity index (χ0v) is 13.1. The molecule has 0 radical (unpaired) electrons. The number of ether oxygens (including phenoxy) is 3. The summed E-state index contributed by atoms with van der Waals surface area (Å²) in [4.78, 5) is 0. The molecule has 1 aromatic rings. The lowest BCUT2D eigenvalue weighted by atomic mass is 10.2. The van der Waals surface area contributed by atoms with E-state index in [-0.39, 0.29) is 6.10 Å². The van der Waals surface area contributed by atoms with Crippen LogP contribution in [0.2, 0.25) is 0 Å². The molecule has 114 valence electrons. The van der Waals surface area contributed by atoms with Crippen LogP contribution in [-0.2, 0) is 11.3 Å². The Morgan fingerprint density at radius 1 is 1.10 bits per heavy atom. The topological polar surface area (TPSA) is 39.7 Å². The highest BCUT2D eigenvalue weighted by Crippen LogP contribution is 2.31. The molecule has 0 fully saturated rings. The Hall–Kier alpha value is -1.26. The summed E-state index contributed by atoms with van der Waals surface area (Å²) in [5, 5.41) is 3.32. The summed E-state index contributed by atoms with van der Waals surface area (Å²) in [5.41, 5.74) is 1.11. The molecule has 0 aliphatic heterocycles. The van der Waals surface area contributed by atoms with Gasteiger partial charge in [-0.1, -0.05) is 19.1 Å². The third kappa shape index (κ3) is 5.80. The molecule has 0 saturated heterocycles. The van der Waals surface area contributed by atoms with Crippen LogP contribution in [0.4, 0.5) is 0 Å². The van der Waals surface area contributed by atoms with E-state index in [2.05, 4.69) is 18.3 Å². The number of benzene rings is 1. The molecule has 4 heteroatoms. The summed E-state index contributed by atoms with van der Waals surface area (Å²) in [5.74, 6) is 1.62. The van der Waals surface area contributed by atoms with Gasteiger partial charge in [0, 0.05) is 12.1 Å². The van der Waals surface area contributed by atoms with Gasteiger partial charge in [0.1, 0.15) is 6.61 Å². The second-order valence-corrected chi connectivity index (χ2v) is 4.73. The summed E-state index contributed by atoms with van der Waals surface area (Å²) < 4.78 is 17.0. The molecule has 20 heavy (non-hydrogen) atoms. The van der Waals surface area contributed by atoms with Gasteiger partial charge in [0.2, 0.25) is 0 Å². The van der Waals surface area contributed by atoms with E-state index in [4.69, 9.17) is 14.2 Å². The molecule has 0 aromatic heterocycles. The summed E-state index contributed by atoms with van der Waals surface area (Å²) >= 11 is 0. The van der Waals surface area contributed by atoms with Crippen LogP contribution in [0, 0.1) is 0 Å². The van der Waals surface area contributed by atoms with Crippen LogP contribution < -0.4 is 14.8 Å². The Morgan fingerprint density at radius 3 is 2.55 bits per heavy atom. The van der Waals surface area contributed by atoms with E-state index < -0.39 is 0 Å². The maximum Gasteiger partial charge on any atom is 0.165 e. The summed E-state index contributed by atoms with van der Waals surface area (Å²) in [6.07, 6.45) is 0.224. The third-order valence-corrected chi connectivity index (χ3v) is 2.71. The van der Waals surface area contributed by atoms with Crippen LogP contribution in [-0.4, -0.2) is 32.5 Å². The molecular formula is C16H27NO3. The number of hydrogen-bond donors (Lipinski definition) is 1. The summed E-state index contributed by atoms with van der Waals surface area (Å²) in [6.45, 7) is 11.5. The Bertz CT molecular complexity index is 380. The van der Waals surface area contributed by atoms with Crippen molar-refractivity contribution in [3.63, 3.8) is 0 Å². The van der Waals surface area contributed by atoms with Gasteiger partial charge in [-0.2, -0.15) is 0 Å². The van der Waals surface area contributed by atoms with Crippen molar-refractivity contribution in [3.05, 3.63) is 23.8 Å². The fourth-order valence-electron chi connectivity index (χ4n) is 1.82. The van der Waals surface area contributed by atoms with E-state index in [1.165, 1.54) is 0 Å². The Labute approximate surface area is 122 Å². The first kappa shape index (κ1) is 16.8. The number of nitrogens with one attached hydrogen (secondary N) is 1. The van der Waals surface area contributed by atoms with E-state index in [1.54, 1.807) is 0 Å². The van der Waals surface area contributed by atoms with Gasteiger partial charge in [0.15, 0.2) is 11.5 Å². The van der Waals surface area contributed by atoms with Gasteiger partial charge in [-0.3, -0.25) is 0 Å². The van der Waals surface area contributed by atoms with Crippen LogP contribution >= 0.6 is 0 Å². The van der Waals surface area contributed by atoms with Crippen LogP contribution in [0.25, 0.3) is 0 Å². The first-order valence-corrected chi connectivity index (χ1v) is 7.38. The molecule has 0 bridgehead atoms. The molecule has 0 spiro atoms. The van der Waals surface area contributed by atoms with Crippen molar-refractivity contribution in [2.45, 2.75) is 40.3 Å². The average molecular weight is 281 g/mol. The molecule has 1 aromatic carbocycles. The SMILES string of the molecule is CCNCc1cccc(OCC)c1OCCOC(C)C. The zero-order chi connectivity index (χ0) is 14.8. The van der Waals surface area contributed by atoms with Gasteiger partial charge in [-0.25, -0.2) is 0 Å². The molecule has 0 aliphatic carbocycles. The average Bonchev–Trinajstić information content (AvgIpc) is 2.43. The highest BCUT2D eigenvalue weighted by Gasteiger charge is 2.10. The number of hydrogen-bond acceptors (Lipinski definition) is 4. The minimum atomic E-state index is 0.224. The smallest absolute Gasteiger partial charge is 0.165 e. The van der Waals surface area contributed by atoms with Crippen LogP contribution in [0.15, 0.2) is 18.2 Å². The largest absolute Gasteiger partial charge is 0.490 e. The van der Waals surface area contributed by atoms with Gasteiger partial charge in [0.25, 0.3) is 0 Å². The maximum atomic E-state index is 5.88. The van der Waals surface area contributed by atoms with Crippen molar-refractivity contribution in [2.75, 3.05) is 26.4 Å². The molecule has 0 unspecified atom stereocenters.